The fourth-order valence-electron chi connectivity index (χ4n) is 1.74. The van der Waals surface area contributed by atoms with Crippen LogP contribution in [0.2, 0.25) is 5.02 Å². The highest BCUT2D eigenvalue weighted by atomic mass is 35.5. The topological polar surface area (TPSA) is 15.3 Å². The maximum atomic E-state index is 6.11. The lowest BCUT2D eigenvalue weighted by Gasteiger charge is -2.19. The van der Waals surface area contributed by atoms with Crippen molar-refractivity contribution < 1.29 is 0 Å². The quantitative estimate of drug-likeness (QED) is 0.839. The van der Waals surface area contributed by atoms with Gasteiger partial charge in [0.2, 0.25) is 0 Å². The van der Waals surface area contributed by atoms with Crippen LogP contribution in [0.1, 0.15) is 25.0 Å². The van der Waals surface area contributed by atoms with Gasteiger partial charge >= 0.3 is 0 Å². The van der Waals surface area contributed by atoms with Gasteiger partial charge in [-0.3, -0.25) is 0 Å². The van der Waals surface area contributed by atoms with Gasteiger partial charge in [0.25, 0.3) is 0 Å². The number of benzene rings is 1. The van der Waals surface area contributed by atoms with Crippen LogP contribution < -0.4 is 5.32 Å². The zero-order valence-electron chi connectivity index (χ0n) is 11.3. The molecule has 0 amide bonds. The number of nitrogens with zero attached hydrogens (tertiary/aromatic N) is 1. The lowest BCUT2D eigenvalue weighted by atomic mass is 10.1. The molecule has 3 heteroatoms. The Hall–Kier alpha value is -0.570. The number of rotatable bonds is 6. The van der Waals surface area contributed by atoms with Gasteiger partial charge in [-0.05, 0) is 31.2 Å². The van der Waals surface area contributed by atoms with Crippen LogP contribution in [0.25, 0.3) is 0 Å². The summed E-state index contributed by atoms with van der Waals surface area (Å²) in [5, 5.41) is 4.28. The molecule has 0 radical (unpaired) electrons. The third kappa shape index (κ3) is 5.07. The van der Waals surface area contributed by atoms with Gasteiger partial charge in [-0.2, -0.15) is 0 Å². The summed E-state index contributed by atoms with van der Waals surface area (Å²) in [6, 6.07) is 6.66. The smallest absolute Gasteiger partial charge is 0.0438 e. The fraction of sp³-hybridized carbons (Fsp3) is 0.571. The van der Waals surface area contributed by atoms with Crippen molar-refractivity contribution in [2.24, 2.45) is 0 Å². The first-order valence-corrected chi connectivity index (χ1v) is 6.54. The van der Waals surface area contributed by atoms with Crippen molar-refractivity contribution in [3.05, 3.63) is 34.3 Å². The third-order valence-electron chi connectivity index (χ3n) is 2.87. The van der Waals surface area contributed by atoms with Crippen LogP contribution >= 0.6 is 11.6 Å². The first kappa shape index (κ1) is 14.5. The predicted octanol–water partition coefficient (Wildman–Crippen LogP) is 3.08. The minimum Gasteiger partial charge on any atom is -0.313 e. The summed E-state index contributed by atoms with van der Waals surface area (Å²) >= 11 is 6.11. The van der Waals surface area contributed by atoms with Gasteiger partial charge in [0.05, 0.1) is 0 Å². The van der Waals surface area contributed by atoms with E-state index < -0.39 is 0 Å². The normalized spacial score (nSPS) is 11.5. The van der Waals surface area contributed by atoms with E-state index in [9.17, 15) is 0 Å². The molecule has 1 aromatic rings. The molecule has 0 saturated carbocycles. The van der Waals surface area contributed by atoms with Gasteiger partial charge in [0, 0.05) is 30.7 Å². The minimum atomic E-state index is 0.552. The van der Waals surface area contributed by atoms with Crippen molar-refractivity contribution in [3.63, 3.8) is 0 Å². The van der Waals surface area contributed by atoms with E-state index in [0.717, 1.165) is 24.7 Å². The summed E-state index contributed by atoms with van der Waals surface area (Å²) in [5.74, 6) is 0. The van der Waals surface area contributed by atoms with Crippen molar-refractivity contribution in [1.29, 1.82) is 0 Å². The van der Waals surface area contributed by atoms with Gasteiger partial charge in [-0.1, -0.05) is 37.6 Å². The molecule has 0 aliphatic rings. The monoisotopic (exact) mass is 254 g/mol. The van der Waals surface area contributed by atoms with Crippen LogP contribution in [0, 0.1) is 6.92 Å². The Morgan fingerprint density at radius 2 is 2.06 bits per heavy atom. The molecular formula is C14H23ClN2. The van der Waals surface area contributed by atoms with E-state index >= 15 is 0 Å². The molecule has 0 aliphatic heterocycles. The Labute approximate surface area is 110 Å². The van der Waals surface area contributed by atoms with Crippen LogP contribution in [-0.2, 0) is 6.54 Å². The third-order valence-corrected chi connectivity index (χ3v) is 3.28. The summed E-state index contributed by atoms with van der Waals surface area (Å²) in [6.45, 7) is 9.43. The Bertz CT molecular complexity index is 350. The average molecular weight is 255 g/mol. The van der Waals surface area contributed by atoms with Gasteiger partial charge < -0.3 is 10.2 Å². The first-order chi connectivity index (χ1) is 8.00. The highest BCUT2D eigenvalue weighted by Crippen LogP contribution is 2.19. The van der Waals surface area contributed by atoms with Gasteiger partial charge in [0.1, 0.15) is 0 Å². The largest absolute Gasteiger partial charge is 0.313 e. The summed E-state index contributed by atoms with van der Waals surface area (Å²) in [5.41, 5.74) is 2.50. The van der Waals surface area contributed by atoms with Crippen LogP contribution in [0.3, 0.4) is 0 Å². The number of likely N-dealkylation sites (N-methyl/N-ethyl adjacent to an activating group) is 1. The second kappa shape index (κ2) is 7.00. The van der Waals surface area contributed by atoms with Crippen LogP contribution in [0.15, 0.2) is 18.2 Å². The number of hydrogen-bond donors (Lipinski definition) is 1. The zero-order valence-corrected chi connectivity index (χ0v) is 12.0. The van der Waals surface area contributed by atoms with E-state index in [0.29, 0.717) is 6.04 Å². The minimum absolute atomic E-state index is 0.552. The Morgan fingerprint density at radius 1 is 1.35 bits per heavy atom. The van der Waals surface area contributed by atoms with Crippen LogP contribution in [0.5, 0.6) is 0 Å². The van der Waals surface area contributed by atoms with Gasteiger partial charge in [-0.15, -0.1) is 0 Å². The van der Waals surface area contributed by atoms with Crippen molar-refractivity contribution in [1.82, 2.24) is 10.2 Å². The molecule has 0 spiro atoms. The van der Waals surface area contributed by atoms with E-state index in [-0.39, 0.29) is 0 Å². The summed E-state index contributed by atoms with van der Waals surface area (Å²) in [7, 11) is 2.14. The highest BCUT2D eigenvalue weighted by molar-refractivity contribution is 6.31. The van der Waals surface area contributed by atoms with Gasteiger partial charge in [-0.25, -0.2) is 0 Å². The molecular weight excluding hydrogens is 232 g/mol. The summed E-state index contributed by atoms with van der Waals surface area (Å²) < 4.78 is 0. The molecule has 0 unspecified atom stereocenters. The molecule has 96 valence electrons. The molecule has 0 bridgehead atoms. The van der Waals surface area contributed by atoms with Crippen LogP contribution in [-0.4, -0.2) is 31.1 Å². The Balaban J connectivity index is 2.45. The maximum absolute atomic E-state index is 6.11. The molecule has 2 nitrogen and oxygen atoms in total. The molecule has 0 aliphatic carbocycles. The van der Waals surface area contributed by atoms with E-state index in [4.69, 9.17) is 11.6 Å². The molecule has 0 saturated heterocycles. The van der Waals surface area contributed by atoms with Crippen molar-refractivity contribution >= 4 is 11.6 Å². The number of halogens is 1. The lowest BCUT2D eigenvalue weighted by Crippen LogP contribution is -2.32. The van der Waals surface area contributed by atoms with Crippen LogP contribution in [0.4, 0.5) is 0 Å². The molecule has 1 rings (SSSR count). The molecule has 0 atom stereocenters. The average Bonchev–Trinajstić information content (AvgIpc) is 2.24. The zero-order chi connectivity index (χ0) is 12.8. The SMILES string of the molecule is Cc1c(Cl)cccc1CN(C)CCNC(C)C. The second-order valence-electron chi connectivity index (χ2n) is 4.87. The van der Waals surface area contributed by atoms with Gasteiger partial charge in [0.15, 0.2) is 0 Å². The lowest BCUT2D eigenvalue weighted by molar-refractivity contribution is 0.319. The second-order valence-corrected chi connectivity index (χ2v) is 5.28. The fourth-order valence-corrected chi connectivity index (χ4v) is 1.93. The highest BCUT2D eigenvalue weighted by Gasteiger charge is 2.05. The summed E-state index contributed by atoms with van der Waals surface area (Å²) in [4.78, 5) is 2.31. The molecule has 0 aromatic heterocycles. The standard InChI is InChI=1S/C14H23ClN2/c1-11(2)16-8-9-17(4)10-13-6-5-7-14(15)12(13)3/h5-7,11,16H,8-10H2,1-4H3. The number of hydrogen-bond acceptors (Lipinski definition) is 2. The summed E-state index contributed by atoms with van der Waals surface area (Å²) in [6.07, 6.45) is 0. The molecule has 1 aromatic carbocycles. The molecule has 1 N–H and O–H groups in total. The van der Waals surface area contributed by atoms with Crippen molar-refractivity contribution in [2.75, 3.05) is 20.1 Å². The maximum Gasteiger partial charge on any atom is 0.0438 e. The van der Waals surface area contributed by atoms with E-state index in [1.165, 1.54) is 11.1 Å². The van der Waals surface area contributed by atoms with E-state index in [1.54, 1.807) is 0 Å². The van der Waals surface area contributed by atoms with Crippen molar-refractivity contribution in [2.45, 2.75) is 33.4 Å². The number of nitrogens with one attached hydrogen (secondary N) is 1. The first-order valence-electron chi connectivity index (χ1n) is 6.16. The predicted molar refractivity (Wildman–Crippen MR) is 75.7 cm³/mol. The Morgan fingerprint density at radius 3 is 2.71 bits per heavy atom. The van der Waals surface area contributed by atoms with Crippen molar-refractivity contribution in [3.8, 4) is 0 Å². The molecule has 0 heterocycles. The van der Waals surface area contributed by atoms with E-state index in [1.807, 2.05) is 12.1 Å². The Kier molecular flexibility index (Phi) is 5.96. The molecule has 17 heavy (non-hydrogen) atoms. The molecule has 0 fully saturated rings. The van der Waals surface area contributed by atoms with E-state index in [2.05, 4.69) is 44.1 Å².